The molecule has 4 heteroatoms. The van der Waals surface area contributed by atoms with Crippen molar-refractivity contribution in [3.05, 3.63) is 65.5 Å². The third-order valence-corrected chi connectivity index (χ3v) is 4.02. The van der Waals surface area contributed by atoms with Crippen LogP contribution >= 0.6 is 0 Å². The van der Waals surface area contributed by atoms with Gasteiger partial charge in [-0.05, 0) is 49.2 Å². The lowest BCUT2D eigenvalue weighted by molar-refractivity contribution is 0.624. The molecule has 0 spiro atoms. The average Bonchev–Trinajstić information content (AvgIpc) is 2.93. The summed E-state index contributed by atoms with van der Waals surface area (Å²) in [5, 5.41) is 6.81. The predicted octanol–water partition coefficient (Wildman–Crippen LogP) is 3.79. The molecule has 2 aromatic rings. The summed E-state index contributed by atoms with van der Waals surface area (Å²) < 4.78 is 13.2. The molecule has 0 amide bonds. The maximum atomic E-state index is 13.2. The van der Waals surface area contributed by atoms with E-state index in [9.17, 15) is 4.39 Å². The maximum absolute atomic E-state index is 13.2. The summed E-state index contributed by atoms with van der Waals surface area (Å²) in [5.41, 5.74) is 10.1. The highest BCUT2D eigenvalue weighted by Gasteiger charge is 2.29. The minimum Gasteiger partial charge on any atom is -0.330 e. The summed E-state index contributed by atoms with van der Waals surface area (Å²) in [7, 11) is 0. The number of nitrogens with zero attached hydrogens (tertiary/aromatic N) is 2. The van der Waals surface area contributed by atoms with Gasteiger partial charge >= 0.3 is 0 Å². The Bertz CT molecular complexity index is 679. The highest BCUT2D eigenvalue weighted by atomic mass is 19.1. The van der Waals surface area contributed by atoms with Crippen molar-refractivity contribution >= 4 is 11.4 Å². The second-order valence-corrected chi connectivity index (χ2v) is 5.61. The molecule has 1 atom stereocenters. The third kappa shape index (κ3) is 2.88. The number of benzene rings is 2. The normalized spacial score (nSPS) is 17.7. The summed E-state index contributed by atoms with van der Waals surface area (Å²) in [6.45, 7) is 2.67. The first-order valence-electron chi connectivity index (χ1n) is 7.56. The minimum atomic E-state index is -0.215. The van der Waals surface area contributed by atoms with Crippen LogP contribution in [0.5, 0.6) is 0 Å². The first-order chi connectivity index (χ1) is 10.7. The fourth-order valence-corrected chi connectivity index (χ4v) is 2.88. The first-order valence-corrected chi connectivity index (χ1v) is 7.56. The van der Waals surface area contributed by atoms with Gasteiger partial charge in [0, 0.05) is 12.1 Å². The van der Waals surface area contributed by atoms with Crippen LogP contribution in [0.2, 0.25) is 0 Å². The van der Waals surface area contributed by atoms with Crippen molar-refractivity contribution in [3.63, 3.8) is 0 Å². The molecule has 0 bridgehead atoms. The van der Waals surface area contributed by atoms with Gasteiger partial charge in [0.15, 0.2) is 0 Å². The topological polar surface area (TPSA) is 41.6 Å². The van der Waals surface area contributed by atoms with E-state index in [1.54, 1.807) is 0 Å². The Morgan fingerprint density at radius 3 is 2.59 bits per heavy atom. The molecule has 114 valence electrons. The van der Waals surface area contributed by atoms with Crippen LogP contribution < -0.4 is 10.7 Å². The molecule has 0 saturated heterocycles. The van der Waals surface area contributed by atoms with Gasteiger partial charge in [0.1, 0.15) is 5.82 Å². The van der Waals surface area contributed by atoms with Gasteiger partial charge < -0.3 is 5.73 Å². The number of nitrogens with two attached hydrogens (primary N) is 1. The quantitative estimate of drug-likeness (QED) is 0.933. The molecule has 2 N–H and O–H groups in total. The summed E-state index contributed by atoms with van der Waals surface area (Å²) in [5.74, 6) is -0.215. The highest BCUT2D eigenvalue weighted by molar-refractivity contribution is 5.89. The van der Waals surface area contributed by atoms with Crippen LogP contribution in [0.4, 0.5) is 10.1 Å². The molecular formula is C18H20FN3. The van der Waals surface area contributed by atoms with Gasteiger partial charge in [-0.15, -0.1) is 0 Å². The van der Waals surface area contributed by atoms with Crippen molar-refractivity contribution in [3.8, 4) is 0 Å². The van der Waals surface area contributed by atoms with Gasteiger partial charge in [-0.1, -0.05) is 30.3 Å². The van der Waals surface area contributed by atoms with Crippen molar-refractivity contribution in [2.24, 2.45) is 10.8 Å². The Kier molecular flexibility index (Phi) is 4.20. The van der Waals surface area contributed by atoms with E-state index in [4.69, 9.17) is 10.8 Å². The second kappa shape index (κ2) is 6.28. The molecule has 3 rings (SSSR count). The molecule has 0 fully saturated rings. The Balaban J connectivity index is 1.98. The van der Waals surface area contributed by atoms with Crippen molar-refractivity contribution < 1.29 is 4.39 Å². The van der Waals surface area contributed by atoms with Crippen LogP contribution in [0.15, 0.2) is 53.6 Å². The predicted molar refractivity (Wildman–Crippen MR) is 88.5 cm³/mol. The summed E-state index contributed by atoms with van der Waals surface area (Å²) in [4.78, 5) is 0. The molecule has 1 aliphatic rings. The number of rotatable bonds is 4. The monoisotopic (exact) mass is 297 g/mol. The molecule has 3 nitrogen and oxygen atoms in total. The van der Waals surface area contributed by atoms with E-state index in [0.717, 1.165) is 29.8 Å². The number of hydrogen-bond acceptors (Lipinski definition) is 3. The lowest BCUT2D eigenvalue weighted by Gasteiger charge is -2.25. The van der Waals surface area contributed by atoms with Crippen LogP contribution in [0.3, 0.4) is 0 Å². The van der Waals surface area contributed by atoms with Crippen LogP contribution in [0.25, 0.3) is 0 Å². The van der Waals surface area contributed by atoms with Crippen LogP contribution in [-0.4, -0.2) is 12.3 Å². The molecule has 0 saturated carbocycles. The molecular weight excluding hydrogens is 277 g/mol. The Morgan fingerprint density at radius 1 is 1.18 bits per heavy atom. The van der Waals surface area contributed by atoms with Crippen LogP contribution in [0.1, 0.15) is 30.0 Å². The van der Waals surface area contributed by atoms with Crippen molar-refractivity contribution in [2.45, 2.75) is 25.8 Å². The van der Waals surface area contributed by atoms with E-state index >= 15 is 0 Å². The molecule has 1 unspecified atom stereocenters. The fourth-order valence-electron chi connectivity index (χ4n) is 2.88. The third-order valence-electron chi connectivity index (χ3n) is 4.02. The highest BCUT2D eigenvalue weighted by Crippen LogP contribution is 2.37. The standard InChI is InChI=1S/C18H20FN3/c1-13-4-2-3-5-17(13)22-18(12-16(21-22)10-11-20)14-6-8-15(19)9-7-14/h2-9,18H,10-12,20H2,1H3. The van der Waals surface area contributed by atoms with E-state index in [-0.39, 0.29) is 11.9 Å². The summed E-state index contributed by atoms with van der Waals surface area (Å²) in [6.07, 6.45) is 1.62. The van der Waals surface area contributed by atoms with Gasteiger partial charge in [-0.25, -0.2) is 4.39 Å². The van der Waals surface area contributed by atoms with Gasteiger partial charge in [0.2, 0.25) is 0 Å². The number of hydrazone groups is 1. The lowest BCUT2D eigenvalue weighted by Crippen LogP contribution is -2.19. The van der Waals surface area contributed by atoms with E-state index in [0.29, 0.717) is 6.54 Å². The number of halogens is 1. The van der Waals surface area contributed by atoms with E-state index in [1.807, 2.05) is 29.3 Å². The minimum absolute atomic E-state index is 0.100. The van der Waals surface area contributed by atoms with Gasteiger partial charge in [-0.3, -0.25) is 5.01 Å². The fraction of sp³-hybridized carbons (Fsp3) is 0.278. The SMILES string of the molecule is Cc1ccccc1N1N=C(CCN)CC1c1ccc(F)cc1. The van der Waals surface area contributed by atoms with Crippen molar-refractivity contribution in [2.75, 3.05) is 11.6 Å². The maximum Gasteiger partial charge on any atom is 0.123 e. The number of anilines is 1. The summed E-state index contributed by atoms with van der Waals surface area (Å²) >= 11 is 0. The zero-order valence-electron chi connectivity index (χ0n) is 12.7. The van der Waals surface area contributed by atoms with E-state index < -0.39 is 0 Å². The molecule has 1 heterocycles. The first kappa shape index (κ1) is 14.7. The largest absolute Gasteiger partial charge is 0.330 e. The molecule has 0 aliphatic carbocycles. The molecule has 22 heavy (non-hydrogen) atoms. The number of para-hydroxylation sites is 1. The zero-order chi connectivity index (χ0) is 15.5. The Morgan fingerprint density at radius 2 is 1.91 bits per heavy atom. The molecule has 1 aliphatic heterocycles. The molecule has 2 aromatic carbocycles. The summed E-state index contributed by atoms with van der Waals surface area (Å²) in [6, 6.07) is 15.0. The smallest absolute Gasteiger partial charge is 0.123 e. The number of hydrogen-bond donors (Lipinski definition) is 1. The Labute approximate surface area is 130 Å². The average molecular weight is 297 g/mol. The van der Waals surface area contributed by atoms with Crippen LogP contribution in [0, 0.1) is 12.7 Å². The number of aryl methyl sites for hydroxylation is 1. The molecule has 0 aromatic heterocycles. The van der Waals surface area contributed by atoms with Gasteiger partial charge in [0.05, 0.1) is 11.7 Å². The van der Waals surface area contributed by atoms with Crippen LogP contribution in [-0.2, 0) is 0 Å². The molecule has 0 radical (unpaired) electrons. The second-order valence-electron chi connectivity index (χ2n) is 5.61. The van der Waals surface area contributed by atoms with Gasteiger partial charge in [0.25, 0.3) is 0 Å². The lowest BCUT2D eigenvalue weighted by atomic mass is 10.00. The Hall–Kier alpha value is -2.20. The van der Waals surface area contributed by atoms with E-state index in [1.165, 1.54) is 17.7 Å². The van der Waals surface area contributed by atoms with Crippen molar-refractivity contribution in [1.82, 2.24) is 0 Å². The van der Waals surface area contributed by atoms with E-state index in [2.05, 4.69) is 19.1 Å². The zero-order valence-corrected chi connectivity index (χ0v) is 12.7. The van der Waals surface area contributed by atoms with Crippen molar-refractivity contribution in [1.29, 1.82) is 0 Å². The van der Waals surface area contributed by atoms with Gasteiger partial charge in [-0.2, -0.15) is 5.10 Å².